The highest BCUT2D eigenvalue weighted by molar-refractivity contribution is 7.99. The Balaban J connectivity index is 1.67. The highest BCUT2D eigenvalue weighted by Crippen LogP contribution is 2.35. The van der Waals surface area contributed by atoms with Crippen molar-refractivity contribution in [2.24, 2.45) is 0 Å². The first-order valence-electron chi connectivity index (χ1n) is 8.66. The Labute approximate surface area is 169 Å². The van der Waals surface area contributed by atoms with E-state index in [2.05, 4.69) is 6.58 Å². The van der Waals surface area contributed by atoms with E-state index >= 15 is 0 Å². The molecule has 138 valence electrons. The summed E-state index contributed by atoms with van der Waals surface area (Å²) in [6.07, 6.45) is 4.76. The number of hydrogen-bond donors (Lipinski definition) is 0. The number of Topliss-reactive ketones (excluding diaryl/α,β-unsaturated/α-hetero) is 1. The number of thioether (sulfide) groups is 1. The van der Waals surface area contributed by atoms with Gasteiger partial charge in [-0.25, -0.2) is 4.98 Å². The predicted octanol–water partition coefficient (Wildman–Crippen LogP) is 4.76. The minimum Gasteiger partial charge on any atom is -0.293 e. The van der Waals surface area contributed by atoms with Crippen molar-refractivity contribution >= 4 is 50.7 Å². The molecule has 1 aliphatic rings. The van der Waals surface area contributed by atoms with Crippen molar-refractivity contribution in [3.05, 3.63) is 68.3 Å². The van der Waals surface area contributed by atoms with Crippen molar-refractivity contribution in [3.8, 4) is 0 Å². The van der Waals surface area contributed by atoms with Crippen molar-refractivity contribution in [2.45, 2.75) is 31.0 Å². The molecule has 0 amide bonds. The number of aromatic nitrogens is 2. The van der Waals surface area contributed by atoms with Crippen molar-refractivity contribution in [1.82, 2.24) is 9.55 Å². The van der Waals surface area contributed by atoms with E-state index < -0.39 is 0 Å². The number of fused-ring (bicyclic) bond motifs is 3. The fourth-order valence-electron chi connectivity index (χ4n) is 3.31. The van der Waals surface area contributed by atoms with Gasteiger partial charge in [-0.15, -0.1) is 17.9 Å². The van der Waals surface area contributed by atoms with Gasteiger partial charge in [0.25, 0.3) is 5.56 Å². The summed E-state index contributed by atoms with van der Waals surface area (Å²) >= 11 is 8.78. The summed E-state index contributed by atoms with van der Waals surface area (Å²) in [6, 6.07) is 6.82. The summed E-state index contributed by atoms with van der Waals surface area (Å²) in [5, 5.41) is 1.91. The molecule has 0 saturated carbocycles. The SMILES string of the molecule is C=CCn1c(SCC(=O)c2ccc(Cl)cc2)nc2sc3c(c2c1=O)CCC3. The van der Waals surface area contributed by atoms with Crippen LogP contribution in [0.3, 0.4) is 0 Å². The fourth-order valence-corrected chi connectivity index (χ4v) is 5.64. The van der Waals surface area contributed by atoms with E-state index in [1.54, 1.807) is 46.2 Å². The molecule has 0 radical (unpaired) electrons. The van der Waals surface area contributed by atoms with Gasteiger partial charge in [-0.3, -0.25) is 14.2 Å². The second-order valence-electron chi connectivity index (χ2n) is 6.36. The molecule has 0 spiro atoms. The topological polar surface area (TPSA) is 52.0 Å². The lowest BCUT2D eigenvalue weighted by atomic mass is 10.1. The van der Waals surface area contributed by atoms with Gasteiger partial charge in [0, 0.05) is 22.0 Å². The zero-order valence-electron chi connectivity index (χ0n) is 14.5. The number of rotatable bonds is 6. The van der Waals surface area contributed by atoms with Crippen LogP contribution in [0.1, 0.15) is 27.2 Å². The smallest absolute Gasteiger partial charge is 0.263 e. The van der Waals surface area contributed by atoms with Gasteiger partial charge in [-0.05, 0) is 49.1 Å². The molecule has 2 aromatic heterocycles. The highest BCUT2D eigenvalue weighted by Gasteiger charge is 2.23. The van der Waals surface area contributed by atoms with Gasteiger partial charge in [-0.1, -0.05) is 29.4 Å². The molecule has 0 saturated heterocycles. The van der Waals surface area contributed by atoms with Crippen molar-refractivity contribution < 1.29 is 4.79 Å². The van der Waals surface area contributed by atoms with Gasteiger partial charge in [0.05, 0.1) is 11.1 Å². The Morgan fingerprint density at radius 3 is 2.85 bits per heavy atom. The molecule has 0 aliphatic heterocycles. The number of carbonyl (C=O) groups excluding carboxylic acids is 1. The average molecular weight is 417 g/mol. The van der Waals surface area contributed by atoms with Crippen LogP contribution in [-0.2, 0) is 19.4 Å². The molecule has 1 aromatic carbocycles. The molecule has 0 N–H and O–H groups in total. The molecular weight excluding hydrogens is 400 g/mol. The van der Waals surface area contributed by atoms with Gasteiger partial charge in [0.2, 0.25) is 0 Å². The maximum Gasteiger partial charge on any atom is 0.263 e. The van der Waals surface area contributed by atoms with Crippen LogP contribution in [0.4, 0.5) is 0 Å². The molecule has 2 heterocycles. The predicted molar refractivity (Wildman–Crippen MR) is 113 cm³/mol. The first-order chi connectivity index (χ1) is 13.1. The number of allylic oxidation sites excluding steroid dienone is 1. The second-order valence-corrected chi connectivity index (χ2v) is 8.82. The summed E-state index contributed by atoms with van der Waals surface area (Å²) in [5.41, 5.74) is 1.74. The normalized spacial score (nSPS) is 13.1. The van der Waals surface area contributed by atoms with Gasteiger partial charge >= 0.3 is 0 Å². The van der Waals surface area contributed by atoms with Crippen LogP contribution < -0.4 is 5.56 Å². The van der Waals surface area contributed by atoms with Gasteiger partial charge in [0.1, 0.15) is 4.83 Å². The number of hydrogen-bond acceptors (Lipinski definition) is 5. The van der Waals surface area contributed by atoms with E-state index in [1.165, 1.54) is 22.2 Å². The quantitative estimate of drug-likeness (QED) is 0.251. The van der Waals surface area contributed by atoms with Crippen LogP contribution in [0.25, 0.3) is 10.2 Å². The molecule has 0 bridgehead atoms. The lowest BCUT2D eigenvalue weighted by Crippen LogP contribution is -2.23. The largest absolute Gasteiger partial charge is 0.293 e. The van der Waals surface area contributed by atoms with E-state index in [-0.39, 0.29) is 17.1 Å². The van der Waals surface area contributed by atoms with Crippen molar-refractivity contribution in [3.63, 3.8) is 0 Å². The molecule has 4 rings (SSSR count). The first-order valence-corrected chi connectivity index (χ1v) is 10.8. The maximum atomic E-state index is 13.1. The minimum atomic E-state index is -0.0271. The van der Waals surface area contributed by atoms with E-state index in [4.69, 9.17) is 16.6 Å². The van der Waals surface area contributed by atoms with Crippen LogP contribution >= 0.6 is 34.7 Å². The number of halogens is 1. The molecular formula is C20H17ClN2O2S2. The number of nitrogens with zero attached hydrogens (tertiary/aromatic N) is 2. The third-order valence-corrected chi connectivity index (χ3v) is 7.01. The van der Waals surface area contributed by atoms with Crippen molar-refractivity contribution in [1.29, 1.82) is 0 Å². The lowest BCUT2D eigenvalue weighted by molar-refractivity contribution is 0.102. The van der Waals surface area contributed by atoms with E-state index in [1.807, 2.05) is 0 Å². The van der Waals surface area contributed by atoms with Crippen LogP contribution in [0.2, 0.25) is 5.02 Å². The Hall–Kier alpha value is -1.89. The molecule has 27 heavy (non-hydrogen) atoms. The van der Waals surface area contributed by atoms with Gasteiger partial charge < -0.3 is 0 Å². The molecule has 0 fully saturated rings. The van der Waals surface area contributed by atoms with Crippen molar-refractivity contribution in [2.75, 3.05) is 5.75 Å². The number of aryl methyl sites for hydroxylation is 2. The summed E-state index contributed by atoms with van der Waals surface area (Å²) in [4.78, 5) is 32.3. The number of carbonyl (C=O) groups is 1. The van der Waals surface area contributed by atoms with Crippen LogP contribution in [0.5, 0.6) is 0 Å². The van der Waals surface area contributed by atoms with Crippen LogP contribution in [-0.4, -0.2) is 21.1 Å². The minimum absolute atomic E-state index is 0.0233. The molecule has 1 aliphatic carbocycles. The Morgan fingerprint density at radius 2 is 2.11 bits per heavy atom. The molecule has 0 unspecified atom stereocenters. The third-order valence-electron chi connectivity index (χ3n) is 4.60. The number of benzene rings is 1. The Bertz CT molecular complexity index is 1100. The Kier molecular flexibility index (Phi) is 5.21. The lowest BCUT2D eigenvalue weighted by Gasteiger charge is -2.10. The zero-order chi connectivity index (χ0) is 19.0. The maximum absolute atomic E-state index is 13.1. The molecule has 0 atom stereocenters. The third kappa shape index (κ3) is 3.49. The van der Waals surface area contributed by atoms with E-state index in [9.17, 15) is 9.59 Å². The van der Waals surface area contributed by atoms with Gasteiger partial charge in [-0.2, -0.15) is 0 Å². The number of thiophene rings is 1. The highest BCUT2D eigenvalue weighted by atomic mass is 35.5. The summed E-state index contributed by atoms with van der Waals surface area (Å²) in [6.45, 7) is 4.13. The average Bonchev–Trinajstić information content (AvgIpc) is 3.23. The molecule has 3 aromatic rings. The fraction of sp³-hybridized carbons (Fsp3) is 0.250. The van der Waals surface area contributed by atoms with E-state index in [0.29, 0.717) is 22.3 Å². The summed E-state index contributed by atoms with van der Waals surface area (Å²) < 4.78 is 1.63. The van der Waals surface area contributed by atoms with Crippen LogP contribution in [0.15, 0.2) is 46.9 Å². The van der Waals surface area contributed by atoms with E-state index in [0.717, 1.165) is 29.5 Å². The zero-order valence-corrected chi connectivity index (χ0v) is 16.9. The monoisotopic (exact) mass is 416 g/mol. The summed E-state index contributed by atoms with van der Waals surface area (Å²) in [7, 11) is 0. The number of ketones is 1. The molecule has 7 heteroatoms. The van der Waals surface area contributed by atoms with Crippen LogP contribution in [0, 0.1) is 0 Å². The second kappa shape index (κ2) is 7.62. The summed E-state index contributed by atoms with van der Waals surface area (Å²) in [5.74, 6) is 0.187. The van der Waals surface area contributed by atoms with Gasteiger partial charge in [0.15, 0.2) is 10.9 Å². The first kappa shape index (κ1) is 18.5. The Morgan fingerprint density at radius 1 is 1.33 bits per heavy atom. The standard InChI is InChI=1S/C20H17ClN2O2S2/c1-2-10-23-19(25)17-14-4-3-5-16(14)27-18(17)22-20(23)26-11-15(24)12-6-8-13(21)9-7-12/h2,6-9H,1,3-5,10-11H2. The molecule has 4 nitrogen and oxygen atoms in total.